The maximum absolute atomic E-state index is 11.7. The number of carbonyl (C=O) groups excluding carboxylic acids is 2. The smallest absolute Gasteiger partial charge is 0.223 e. The van der Waals surface area contributed by atoms with Gasteiger partial charge in [0.05, 0.1) is 4.99 Å². The summed E-state index contributed by atoms with van der Waals surface area (Å²) in [6.07, 6.45) is 0.830. The normalized spacial score (nSPS) is 16.1. The first-order chi connectivity index (χ1) is 7.50. The Kier molecular flexibility index (Phi) is 4.67. The average molecular weight is 243 g/mol. The van der Waals surface area contributed by atoms with E-state index in [1.807, 2.05) is 0 Å². The van der Waals surface area contributed by atoms with Crippen LogP contribution in [0, 0.1) is 0 Å². The lowest BCUT2D eigenvalue weighted by Crippen LogP contribution is -2.50. The molecule has 16 heavy (non-hydrogen) atoms. The van der Waals surface area contributed by atoms with Crippen molar-refractivity contribution in [1.82, 2.24) is 9.80 Å². The third kappa shape index (κ3) is 3.77. The lowest BCUT2D eigenvalue weighted by atomic mass is 10.2. The molecule has 0 spiro atoms. The zero-order valence-corrected chi connectivity index (χ0v) is 10.3. The minimum atomic E-state index is 0.0650. The first kappa shape index (κ1) is 12.9. The molecule has 0 aliphatic carbocycles. The Morgan fingerprint density at radius 3 is 2.06 bits per heavy atom. The fourth-order valence-electron chi connectivity index (χ4n) is 1.66. The van der Waals surface area contributed by atoms with Crippen molar-refractivity contribution in [2.45, 2.75) is 19.8 Å². The van der Waals surface area contributed by atoms with Gasteiger partial charge in [-0.2, -0.15) is 0 Å². The SMILES string of the molecule is CC(=O)N1CCN(C(=O)CCC(N)=S)CC1. The minimum absolute atomic E-state index is 0.0650. The third-order valence-electron chi connectivity index (χ3n) is 2.66. The standard InChI is InChI=1S/C10H17N3O2S/c1-8(14)12-4-6-13(7-5-12)10(15)3-2-9(11)16/h2-7H2,1H3,(H2,11,16). The van der Waals surface area contributed by atoms with E-state index in [1.54, 1.807) is 16.7 Å². The number of piperazine rings is 1. The number of nitrogens with two attached hydrogens (primary N) is 1. The Morgan fingerprint density at radius 1 is 1.12 bits per heavy atom. The van der Waals surface area contributed by atoms with E-state index < -0.39 is 0 Å². The summed E-state index contributed by atoms with van der Waals surface area (Å²) in [5, 5.41) is 0. The van der Waals surface area contributed by atoms with Crippen molar-refractivity contribution >= 4 is 29.0 Å². The van der Waals surface area contributed by atoms with Crippen LogP contribution in [0.15, 0.2) is 0 Å². The van der Waals surface area contributed by atoms with Crippen molar-refractivity contribution in [2.75, 3.05) is 26.2 Å². The van der Waals surface area contributed by atoms with Crippen LogP contribution in [0.25, 0.3) is 0 Å². The van der Waals surface area contributed by atoms with Crippen LogP contribution in [0.3, 0.4) is 0 Å². The molecule has 2 amide bonds. The van der Waals surface area contributed by atoms with E-state index in [-0.39, 0.29) is 11.8 Å². The largest absolute Gasteiger partial charge is 0.393 e. The molecule has 90 valence electrons. The van der Waals surface area contributed by atoms with Crippen LogP contribution in [0.4, 0.5) is 0 Å². The summed E-state index contributed by atoms with van der Waals surface area (Å²) < 4.78 is 0. The molecule has 0 atom stereocenters. The Hall–Kier alpha value is -1.17. The van der Waals surface area contributed by atoms with Crippen molar-refractivity contribution in [1.29, 1.82) is 0 Å². The fraction of sp³-hybridized carbons (Fsp3) is 0.700. The highest BCUT2D eigenvalue weighted by Gasteiger charge is 2.21. The quantitative estimate of drug-likeness (QED) is 0.694. The summed E-state index contributed by atoms with van der Waals surface area (Å²) in [6.45, 7) is 4.00. The topological polar surface area (TPSA) is 66.6 Å². The molecule has 2 N–H and O–H groups in total. The molecule has 1 rings (SSSR count). The van der Waals surface area contributed by atoms with Crippen LogP contribution in [0.5, 0.6) is 0 Å². The highest BCUT2D eigenvalue weighted by Crippen LogP contribution is 2.05. The van der Waals surface area contributed by atoms with E-state index in [2.05, 4.69) is 0 Å². The number of thiocarbonyl (C=S) groups is 1. The van der Waals surface area contributed by atoms with Crippen LogP contribution >= 0.6 is 12.2 Å². The Morgan fingerprint density at radius 2 is 1.62 bits per heavy atom. The van der Waals surface area contributed by atoms with Gasteiger partial charge in [0.1, 0.15) is 0 Å². The van der Waals surface area contributed by atoms with Crippen LogP contribution in [0.1, 0.15) is 19.8 Å². The van der Waals surface area contributed by atoms with Crippen LogP contribution in [-0.4, -0.2) is 52.8 Å². The maximum atomic E-state index is 11.7. The fourth-order valence-corrected chi connectivity index (χ4v) is 1.76. The number of rotatable bonds is 3. The molecular formula is C10H17N3O2S. The van der Waals surface area contributed by atoms with E-state index in [0.29, 0.717) is 44.0 Å². The van der Waals surface area contributed by atoms with Crippen molar-refractivity contribution in [3.8, 4) is 0 Å². The Bertz CT molecular complexity index is 298. The third-order valence-corrected chi connectivity index (χ3v) is 2.87. The molecule has 1 saturated heterocycles. The first-order valence-electron chi connectivity index (χ1n) is 5.32. The van der Waals surface area contributed by atoms with Gasteiger partial charge in [-0.1, -0.05) is 12.2 Å². The van der Waals surface area contributed by atoms with E-state index in [0.717, 1.165) is 0 Å². The monoisotopic (exact) mass is 243 g/mol. The molecule has 5 nitrogen and oxygen atoms in total. The van der Waals surface area contributed by atoms with E-state index in [4.69, 9.17) is 18.0 Å². The van der Waals surface area contributed by atoms with Gasteiger partial charge in [0.25, 0.3) is 0 Å². The number of hydrogen-bond donors (Lipinski definition) is 1. The zero-order valence-electron chi connectivity index (χ0n) is 9.44. The van der Waals surface area contributed by atoms with Gasteiger partial charge in [0.2, 0.25) is 11.8 Å². The van der Waals surface area contributed by atoms with Crippen molar-refractivity contribution in [3.63, 3.8) is 0 Å². The molecule has 1 aliphatic heterocycles. The molecule has 1 fully saturated rings. The minimum Gasteiger partial charge on any atom is -0.393 e. The Labute approximate surface area is 101 Å². The van der Waals surface area contributed by atoms with Gasteiger partial charge in [-0.05, 0) is 0 Å². The number of nitrogens with zero attached hydrogens (tertiary/aromatic N) is 2. The molecule has 0 aromatic carbocycles. The molecule has 0 bridgehead atoms. The van der Waals surface area contributed by atoms with Gasteiger partial charge in [0.15, 0.2) is 0 Å². The second-order valence-electron chi connectivity index (χ2n) is 3.85. The van der Waals surface area contributed by atoms with E-state index in [1.165, 1.54) is 0 Å². The highest BCUT2D eigenvalue weighted by atomic mass is 32.1. The van der Waals surface area contributed by atoms with Crippen LogP contribution < -0.4 is 5.73 Å². The van der Waals surface area contributed by atoms with Crippen LogP contribution in [-0.2, 0) is 9.59 Å². The highest BCUT2D eigenvalue weighted by molar-refractivity contribution is 7.80. The number of hydrogen-bond acceptors (Lipinski definition) is 3. The number of amides is 2. The molecule has 0 saturated carbocycles. The van der Waals surface area contributed by atoms with Gasteiger partial charge in [-0.3, -0.25) is 9.59 Å². The molecule has 0 radical (unpaired) electrons. The summed E-state index contributed by atoms with van der Waals surface area (Å²) >= 11 is 4.72. The molecule has 1 heterocycles. The zero-order chi connectivity index (χ0) is 12.1. The van der Waals surface area contributed by atoms with Gasteiger partial charge in [0, 0.05) is 45.9 Å². The molecule has 1 aliphatic rings. The second kappa shape index (κ2) is 5.79. The number of carbonyl (C=O) groups is 2. The first-order valence-corrected chi connectivity index (χ1v) is 5.73. The van der Waals surface area contributed by atoms with Crippen molar-refractivity contribution in [2.24, 2.45) is 5.73 Å². The molecule has 0 aromatic rings. The van der Waals surface area contributed by atoms with Gasteiger partial charge in [-0.15, -0.1) is 0 Å². The lowest BCUT2D eigenvalue weighted by Gasteiger charge is -2.34. The van der Waals surface area contributed by atoms with Gasteiger partial charge < -0.3 is 15.5 Å². The van der Waals surface area contributed by atoms with Crippen molar-refractivity contribution < 1.29 is 9.59 Å². The van der Waals surface area contributed by atoms with E-state index in [9.17, 15) is 9.59 Å². The van der Waals surface area contributed by atoms with Gasteiger partial charge in [-0.25, -0.2) is 0 Å². The predicted octanol–water partition coefficient (Wildman–Crippen LogP) is -0.257. The molecule has 0 unspecified atom stereocenters. The lowest BCUT2D eigenvalue weighted by molar-refractivity contribution is -0.138. The van der Waals surface area contributed by atoms with Crippen LogP contribution in [0.2, 0.25) is 0 Å². The molecular weight excluding hydrogens is 226 g/mol. The summed E-state index contributed by atoms with van der Waals surface area (Å²) in [7, 11) is 0. The molecule has 6 heteroatoms. The Balaban J connectivity index is 2.33. The van der Waals surface area contributed by atoms with Gasteiger partial charge >= 0.3 is 0 Å². The second-order valence-corrected chi connectivity index (χ2v) is 4.38. The van der Waals surface area contributed by atoms with E-state index >= 15 is 0 Å². The molecule has 0 aromatic heterocycles. The summed E-state index contributed by atoms with van der Waals surface area (Å²) in [6, 6.07) is 0. The predicted molar refractivity (Wildman–Crippen MR) is 64.9 cm³/mol. The summed E-state index contributed by atoms with van der Waals surface area (Å²) in [5.74, 6) is 0.131. The summed E-state index contributed by atoms with van der Waals surface area (Å²) in [4.78, 5) is 26.6. The summed E-state index contributed by atoms with van der Waals surface area (Å²) in [5.41, 5.74) is 5.34. The maximum Gasteiger partial charge on any atom is 0.223 e. The van der Waals surface area contributed by atoms with Crippen molar-refractivity contribution in [3.05, 3.63) is 0 Å². The average Bonchev–Trinajstić information content (AvgIpc) is 2.26.